The Labute approximate surface area is 112 Å². The average Bonchev–Trinajstić information content (AvgIpc) is 2.44. The van der Waals surface area contributed by atoms with Gasteiger partial charge in [-0.15, -0.1) is 0 Å². The number of benzene rings is 1. The molecular formula is C14H19NO4. The number of hydrogen-bond acceptors (Lipinski definition) is 4. The van der Waals surface area contributed by atoms with E-state index in [2.05, 4.69) is 10.1 Å². The molecule has 0 radical (unpaired) electrons. The topological polar surface area (TPSA) is 64.6 Å². The van der Waals surface area contributed by atoms with Crippen molar-refractivity contribution in [1.29, 1.82) is 0 Å². The minimum atomic E-state index is -0.402. The fraction of sp³-hybridized carbons (Fsp3) is 0.429. The zero-order chi connectivity index (χ0) is 14.3. The predicted molar refractivity (Wildman–Crippen MR) is 71.2 cm³/mol. The molecule has 0 aromatic heterocycles. The van der Waals surface area contributed by atoms with Crippen LogP contribution in [0.1, 0.15) is 30.6 Å². The molecule has 1 aromatic rings. The van der Waals surface area contributed by atoms with Crippen LogP contribution in [0.2, 0.25) is 0 Å². The van der Waals surface area contributed by atoms with Crippen LogP contribution in [0.15, 0.2) is 24.3 Å². The van der Waals surface area contributed by atoms with Gasteiger partial charge in [0.1, 0.15) is 5.75 Å². The van der Waals surface area contributed by atoms with Gasteiger partial charge in [0.2, 0.25) is 0 Å². The summed E-state index contributed by atoms with van der Waals surface area (Å²) < 4.78 is 9.90. The maximum absolute atomic E-state index is 11.5. The molecule has 0 aliphatic carbocycles. The molecule has 104 valence electrons. The summed E-state index contributed by atoms with van der Waals surface area (Å²) in [4.78, 5) is 22.7. The second kappa shape index (κ2) is 7.41. The van der Waals surface area contributed by atoms with Crippen molar-refractivity contribution in [1.82, 2.24) is 5.32 Å². The number of carbonyl (C=O) groups excluding carboxylic acids is 2. The van der Waals surface area contributed by atoms with E-state index in [9.17, 15) is 9.59 Å². The van der Waals surface area contributed by atoms with Crippen LogP contribution in [0.25, 0.3) is 0 Å². The Hall–Kier alpha value is -2.04. The lowest BCUT2D eigenvalue weighted by Gasteiger charge is -2.12. The van der Waals surface area contributed by atoms with E-state index in [0.29, 0.717) is 11.3 Å². The van der Waals surface area contributed by atoms with Gasteiger partial charge in [0, 0.05) is 6.04 Å². The lowest BCUT2D eigenvalue weighted by Crippen LogP contribution is -2.35. The fourth-order valence-corrected chi connectivity index (χ4v) is 1.37. The Kier molecular flexibility index (Phi) is 5.85. The number of esters is 1. The lowest BCUT2D eigenvalue weighted by atomic mass is 10.2. The fourth-order valence-electron chi connectivity index (χ4n) is 1.37. The Morgan fingerprint density at radius 2 is 1.89 bits per heavy atom. The van der Waals surface area contributed by atoms with Crippen LogP contribution in [0, 0.1) is 0 Å². The number of carbonyl (C=O) groups is 2. The number of nitrogens with one attached hydrogen (secondary N) is 1. The van der Waals surface area contributed by atoms with E-state index in [4.69, 9.17) is 4.74 Å². The Morgan fingerprint density at radius 3 is 2.42 bits per heavy atom. The summed E-state index contributed by atoms with van der Waals surface area (Å²) in [5, 5.41) is 2.80. The van der Waals surface area contributed by atoms with Gasteiger partial charge in [-0.25, -0.2) is 4.79 Å². The van der Waals surface area contributed by atoms with Crippen LogP contribution in [-0.4, -0.2) is 31.6 Å². The van der Waals surface area contributed by atoms with Crippen LogP contribution in [0.4, 0.5) is 0 Å². The summed E-state index contributed by atoms with van der Waals surface area (Å²) >= 11 is 0. The highest BCUT2D eigenvalue weighted by molar-refractivity contribution is 5.89. The Morgan fingerprint density at radius 1 is 1.26 bits per heavy atom. The van der Waals surface area contributed by atoms with Gasteiger partial charge in [0.05, 0.1) is 12.7 Å². The van der Waals surface area contributed by atoms with Crippen molar-refractivity contribution in [3.8, 4) is 5.75 Å². The number of methoxy groups -OCH3 is 1. The SMILES string of the molecule is CC[C@@H](C)NC(=O)COc1ccc(C(=O)OC)cc1. The number of amides is 1. The molecule has 19 heavy (non-hydrogen) atoms. The molecule has 0 saturated carbocycles. The third kappa shape index (κ3) is 4.99. The molecule has 5 nitrogen and oxygen atoms in total. The van der Waals surface area contributed by atoms with E-state index in [1.54, 1.807) is 24.3 Å². The highest BCUT2D eigenvalue weighted by Crippen LogP contribution is 2.12. The van der Waals surface area contributed by atoms with E-state index in [1.807, 2.05) is 13.8 Å². The molecule has 0 heterocycles. The first-order chi connectivity index (χ1) is 9.06. The van der Waals surface area contributed by atoms with Crippen molar-refractivity contribution < 1.29 is 19.1 Å². The summed E-state index contributed by atoms with van der Waals surface area (Å²) in [5.74, 6) is -0.0283. The van der Waals surface area contributed by atoms with Gasteiger partial charge in [-0.2, -0.15) is 0 Å². The first-order valence-electron chi connectivity index (χ1n) is 6.17. The van der Waals surface area contributed by atoms with E-state index >= 15 is 0 Å². The molecule has 1 rings (SSSR count). The monoisotopic (exact) mass is 265 g/mol. The maximum atomic E-state index is 11.5. The molecule has 1 amide bonds. The Balaban J connectivity index is 2.46. The standard InChI is InChI=1S/C14H19NO4/c1-4-10(2)15-13(16)9-19-12-7-5-11(6-8-12)14(17)18-3/h5-8,10H,4,9H2,1-3H3,(H,15,16)/t10-/m1/s1. The summed E-state index contributed by atoms with van der Waals surface area (Å²) in [7, 11) is 1.33. The maximum Gasteiger partial charge on any atom is 0.337 e. The molecule has 1 aromatic carbocycles. The first-order valence-corrected chi connectivity index (χ1v) is 6.17. The zero-order valence-electron chi connectivity index (χ0n) is 11.4. The van der Waals surface area contributed by atoms with Crippen LogP contribution < -0.4 is 10.1 Å². The van der Waals surface area contributed by atoms with Gasteiger partial charge in [-0.1, -0.05) is 6.92 Å². The van der Waals surface area contributed by atoms with Crippen molar-refractivity contribution in [3.05, 3.63) is 29.8 Å². The molecule has 1 atom stereocenters. The molecule has 0 aliphatic heterocycles. The summed E-state index contributed by atoms with van der Waals surface area (Å²) in [5.41, 5.74) is 0.443. The van der Waals surface area contributed by atoms with Gasteiger partial charge in [0.25, 0.3) is 5.91 Å². The summed E-state index contributed by atoms with van der Waals surface area (Å²) in [6.07, 6.45) is 0.875. The second-order valence-electron chi connectivity index (χ2n) is 4.18. The normalized spacial score (nSPS) is 11.5. The molecule has 0 saturated heterocycles. The molecule has 0 spiro atoms. The minimum absolute atomic E-state index is 0.0398. The molecule has 0 bridgehead atoms. The van der Waals surface area contributed by atoms with Crippen molar-refractivity contribution in [2.75, 3.05) is 13.7 Å². The highest BCUT2D eigenvalue weighted by atomic mass is 16.5. The van der Waals surface area contributed by atoms with Crippen LogP contribution in [0.3, 0.4) is 0 Å². The quantitative estimate of drug-likeness (QED) is 0.796. The van der Waals surface area contributed by atoms with E-state index < -0.39 is 5.97 Å². The van der Waals surface area contributed by atoms with Gasteiger partial charge >= 0.3 is 5.97 Å². The van der Waals surface area contributed by atoms with Crippen molar-refractivity contribution in [3.63, 3.8) is 0 Å². The number of ether oxygens (including phenoxy) is 2. The van der Waals surface area contributed by atoms with E-state index in [1.165, 1.54) is 7.11 Å². The molecule has 0 aliphatic rings. The van der Waals surface area contributed by atoms with Crippen LogP contribution in [-0.2, 0) is 9.53 Å². The molecular weight excluding hydrogens is 246 g/mol. The van der Waals surface area contributed by atoms with Gasteiger partial charge in [0.15, 0.2) is 6.61 Å². The second-order valence-corrected chi connectivity index (χ2v) is 4.18. The van der Waals surface area contributed by atoms with Crippen molar-refractivity contribution in [2.24, 2.45) is 0 Å². The predicted octanol–water partition coefficient (Wildman–Crippen LogP) is 1.77. The lowest BCUT2D eigenvalue weighted by molar-refractivity contribution is -0.123. The molecule has 0 unspecified atom stereocenters. The Bertz CT molecular complexity index is 428. The highest BCUT2D eigenvalue weighted by Gasteiger charge is 2.07. The van der Waals surface area contributed by atoms with Crippen LogP contribution >= 0.6 is 0 Å². The average molecular weight is 265 g/mol. The summed E-state index contributed by atoms with van der Waals surface area (Å²) in [6, 6.07) is 6.57. The smallest absolute Gasteiger partial charge is 0.337 e. The number of hydrogen-bond donors (Lipinski definition) is 1. The van der Waals surface area contributed by atoms with Crippen molar-refractivity contribution in [2.45, 2.75) is 26.3 Å². The molecule has 0 fully saturated rings. The molecule has 5 heteroatoms. The van der Waals surface area contributed by atoms with Crippen LogP contribution in [0.5, 0.6) is 5.75 Å². The van der Waals surface area contributed by atoms with Gasteiger partial charge < -0.3 is 14.8 Å². The number of rotatable bonds is 6. The van der Waals surface area contributed by atoms with Gasteiger partial charge in [-0.05, 0) is 37.6 Å². The minimum Gasteiger partial charge on any atom is -0.484 e. The van der Waals surface area contributed by atoms with E-state index in [-0.39, 0.29) is 18.6 Å². The third-order valence-electron chi connectivity index (χ3n) is 2.67. The van der Waals surface area contributed by atoms with Gasteiger partial charge in [-0.3, -0.25) is 4.79 Å². The summed E-state index contributed by atoms with van der Waals surface area (Å²) in [6.45, 7) is 3.89. The van der Waals surface area contributed by atoms with E-state index in [0.717, 1.165) is 6.42 Å². The largest absolute Gasteiger partial charge is 0.484 e. The zero-order valence-corrected chi connectivity index (χ0v) is 11.4. The van der Waals surface area contributed by atoms with Crippen molar-refractivity contribution >= 4 is 11.9 Å². The third-order valence-corrected chi connectivity index (χ3v) is 2.67. The first kappa shape index (κ1) is 15.0. The molecule has 1 N–H and O–H groups in total.